The number of hydrogen-bond acceptors (Lipinski definition) is 2. The van der Waals surface area contributed by atoms with Crippen molar-refractivity contribution in [1.82, 2.24) is 10.6 Å². The Labute approximate surface area is 188 Å². The molecule has 3 aliphatic rings. The van der Waals surface area contributed by atoms with Gasteiger partial charge in [-0.3, -0.25) is 4.79 Å². The Bertz CT molecular complexity index is 556. The third-order valence-corrected chi connectivity index (χ3v) is 13.9. The molecule has 2 heterocycles. The van der Waals surface area contributed by atoms with E-state index in [-0.39, 0.29) is 15.9 Å². The van der Waals surface area contributed by atoms with E-state index in [0.29, 0.717) is 17.3 Å². The number of unbranched alkanes of at least 4 members (excludes halogenated alkanes) is 2. The third kappa shape index (κ3) is 6.64. The minimum Gasteiger partial charge on any atom is -0.356 e. The Hall–Kier alpha value is -0.220. The standard InChI is InChI=1S/C26H50N2OS/c1-21-24-22(2)30(21,24)20-10-17-27-19-16-26(14-15-26)13-9-18-28-23(29)11-7-6-8-12-25(3,4)5/h21-22,24,27H,6-20H2,1-5H3,(H,28,29). The average Bonchev–Trinajstić information content (AvgIpc) is 3.62. The van der Waals surface area contributed by atoms with Gasteiger partial charge in [0.1, 0.15) is 0 Å². The second kappa shape index (κ2) is 10.1. The van der Waals surface area contributed by atoms with E-state index in [1.165, 1.54) is 75.5 Å². The molecule has 1 saturated carbocycles. The average molecular weight is 439 g/mol. The van der Waals surface area contributed by atoms with Crippen LogP contribution in [0.3, 0.4) is 0 Å². The summed E-state index contributed by atoms with van der Waals surface area (Å²) < 4.78 is 0. The first-order valence-corrected chi connectivity index (χ1v) is 14.9. The maximum absolute atomic E-state index is 12.0. The first kappa shape index (κ1) is 24.4. The van der Waals surface area contributed by atoms with Crippen LogP contribution in [0.2, 0.25) is 0 Å². The van der Waals surface area contributed by atoms with Gasteiger partial charge in [-0.25, -0.2) is 10.0 Å². The molecule has 2 unspecified atom stereocenters. The maximum atomic E-state index is 12.0. The van der Waals surface area contributed by atoms with Crippen LogP contribution >= 0.6 is 10.0 Å². The number of hydrogen-bond donors (Lipinski definition) is 2. The van der Waals surface area contributed by atoms with Crippen LogP contribution in [0.15, 0.2) is 0 Å². The quantitative estimate of drug-likeness (QED) is 0.229. The zero-order valence-corrected chi connectivity index (χ0v) is 21.5. The SMILES string of the molecule is CC1C2C(C)S12CCCNCCC1(CCCNC(=O)CCCCCC(C)(C)C)CC1. The van der Waals surface area contributed by atoms with E-state index in [1.807, 2.05) is 0 Å². The molecule has 0 bridgehead atoms. The Morgan fingerprint density at radius 3 is 2.27 bits per heavy atom. The van der Waals surface area contributed by atoms with Gasteiger partial charge in [-0.2, -0.15) is 0 Å². The van der Waals surface area contributed by atoms with Crippen molar-refractivity contribution < 1.29 is 4.79 Å². The lowest BCUT2D eigenvalue weighted by Crippen LogP contribution is -2.25. The molecule has 0 aromatic heterocycles. The summed E-state index contributed by atoms with van der Waals surface area (Å²) in [5, 5.41) is 10.3. The molecule has 3 rings (SSSR count). The highest BCUT2D eigenvalue weighted by Gasteiger charge is 2.77. The summed E-state index contributed by atoms with van der Waals surface area (Å²) in [6, 6.07) is 0. The van der Waals surface area contributed by atoms with E-state index in [2.05, 4.69) is 45.3 Å². The molecule has 4 heteroatoms. The van der Waals surface area contributed by atoms with Crippen LogP contribution in [0.25, 0.3) is 0 Å². The molecular formula is C26H50N2OS. The fourth-order valence-corrected chi connectivity index (χ4v) is 11.5. The molecule has 30 heavy (non-hydrogen) atoms. The Morgan fingerprint density at radius 1 is 0.933 bits per heavy atom. The molecule has 0 spiro atoms. The Balaban J connectivity index is 1.11. The molecule has 2 atom stereocenters. The molecule has 176 valence electrons. The molecule has 2 N–H and O–H groups in total. The number of rotatable bonds is 16. The van der Waals surface area contributed by atoms with Gasteiger partial charge in [0, 0.05) is 18.2 Å². The molecule has 0 aromatic rings. The van der Waals surface area contributed by atoms with Crippen LogP contribution in [-0.4, -0.2) is 47.0 Å². The summed E-state index contributed by atoms with van der Waals surface area (Å²) in [5.41, 5.74) is 1.03. The Kier molecular flexibility index (Phi) is 8.26. The smallest absolute Gasteiger partial charge is 0.219 e. The minimum absolute atomic E-state index is 0.0798. The van der Waals surface area contributed by atoms with Gasteiger partial charge in [-0.05, 0) is 91.5 Å². The normalized spacial score (nSPS) is 32.8. The predicted molar refractivity (Wildman–Crippen MR) is 134 cm³/mol. The van der Waals surface area contributed by atoms with Gasteiger partial charge >= 0.3 is 0 Å². The highest BCUT2D eigenvalue weighted by Crippen LogP contribution is 2.95. The topological polar surface area (TPSA) is 41.1 Å². The van der Waals surface area contributed by atoms with Crippen molar-refractivity contribution in [2.75, 3.05) is 25.4 Å². The lowest BCUT2D eigenvalue weighted by molar-refractivity contribution is -0.121. The zero-order chi connectivity index (χ0) is 21.8. The number of carbonyl (C=O) groups is 1. The third-order valence-electron chi connectivity index (χ3n) is 8.34. The molecule has 0 radical (unpaired) electrons. The van der Waals surface area contributed by atoms with Crippen LogP contribution in [0.5, 0.6) is 0 Å². The van der Waals surface area contributed by atoms with Crippen molar-refractivity contribution in [3.63, 3.8) is 0 Å². The molecule has 2 saturated heterocycles. The van der Waals surface area contributed by atoms with Crippen molar-refractivity contribution in [2.45, 2.75) is 121 Å². The van der Waals surface area contributed by atoms with Crippen LogP contribution < -0.4 is 10.6 Å². The molecule has 3 fully saturated rings. The molecule has 2 aliphatic heterocycles. The van der Waals surface area contributed by atoms with Crippen LogP contribution in [0.4, 0.5) is 0 Å². The fraction of sp³-hybridized carbons (Fsp3) is 0.962. The van der Waals surface area contributed by atoms with Crippen LogP contribution in [-0.2, 0) is 4.79 Å². The van der Waals surface area contributed by atoms with Crippen molar-refractivity contribution >= 4 is 15.9 Å². The molecule has 0 aromatic carbocycles. The molecule has 3 nitrogen and oxygen atoms in total. The number of amides is 1. The van der Waals surface area contributed by atoms with Crippen LogP contribution in [0.1, 0.15) is 105 Å². The molecular weight excluding hydrogens is 388 g/mol. The second-order valence-corrected chi connectivity index (χ2v) is 16.2. The van der Waals surface area contributed by atoms with Gasteiger partial charge in [0.05, 0.1) is 0 Å². The summed E-state index contributed by atoms with van der Waals surface area (Å²) >= 11 is 0. The van der Waals surface area contributed by atoms with Crippen molar-refractivity contribution in [2.24, 2.45) is 10.8 Å². The van der Waals surface area contributed by atoms with Gasteiger partial charge in [-0.1, -0.05) is 47.5 Å². The lowest BCUT2D eigenvalue weighted by atomic mass is 9.89. The van der Waals surface area contributed by atoms with E-state index in [9.17, 15) is 4.79 Å². The van der Waals surface area contributed by atoms with Crippen molar-refractivity contribution in [1.29, 1.82) is 0 Å². The van der Waals surface area contributed by atoms with Crippen LogP contribution in [0, 0.1) is 10.8 Å². The molecule has 1 amide bonds. The number of nitrogens with one attached hydrogen (secondary N) is 2. The summed E-state index contributed by atoms with van der Waals surface area (Å²) in [6.45, 7) is 15.1. The van der Waals surface area contributed by atoms with Gasteiger partial charge in [0.15, 0.2) is 0 Å². The minimum atomic E-state index is -0.0798. The fourth-order valence-electron chi connectivity index (χ4n) is 5.86. The summed E-state index contributed by atoms with van der Waals surface area (Å²) in [6.07, 6.45) is 13.4. The predicted octanol–water partition coefficient (Wildman–Crippen LogP) is 6.01. The van der Waals surface area contributed by atoms with E-state index < -0.39 is 0 Å². The van der Waals surface area contributed by atoms with E-state index in [1.54, 1.807) is 0 Å². The van der Waals surface area contributed by atoms with E-state index in [0.717, 1.165) is 29.9 Å². The summed E-state index contributed by atoms with van der Waals surface area (Å²) in [7, 11) is -0.0798. The highest BCUT2D eigenvalue weighted by atomic mass is 32.3. The largest absolute Gasteiger partial charge is 0.356 e. The highest BCUT2D eigenvalue weighted by molar-refractivity contribution is 8.47. The first-order chi connectivity index (χ1) is 14.2. The van der Waals surface area contributed by atoms with E-state index >= 15 is 0 Å². The zero-order valence-electron chi connectivity index (χ0n) is 20.7. The van der Waals surface area contributed by atoms with Crippen molar-refractivity contribution in [3.8, 4) is 0 Å². The first-order valence-electron chi connectivity index (χ1n) is 13.0. The van der Waals surface area contributed by atoms with E-state index in [4.69, 9.17) is 0 Å². The number of carbonyl (C=O) groups excluding carboxylic acids is 1. The van der Waals surface area contributed by atoms with Crippen molar-refractivity contribution in [3.05, 3.63) is 0 Å². The number of fused-ring (bicyclic) bond motifs is 1. The van der Waals surface area contributed by atoms with Gasteiger partial charge in [0.25, 0.3) is 0 Å². The van der Waals surface area contributed by atoms with Gasteiger partial charge in [-0.15, -0.1) is 0 Å². The Morgan fingerprint density at radius 2 is 1.67 bits per heavy atom. The monoisotopic (exact) mass is 438 g/mol. The van der Waals surface area contributed by atoms with Gasteiger partial charge in [0.2, 0.25) is 5.91 Å². The lowest BCUT2D eigenvalue weighted by Gasteiger charge is -2.18. The maximum Gasteiger partial charge on any atom is 0.219 e. The summed E-state index contributed by atoms with van der Waals surface area (Å²) in [4.78, 5) is 12.0. The van der Waals surface area contributed by atoms with Gasteiger partial charge < -0.3 is 10.6 Å². The second-order valence-electron chi connectivity index (χ2n) is 11.9. The molecule has 1 aliphatic carbocycles. The summed E-state index contributed by atoms with van der Waals surface area (Å²) in [5.74, 6) is 1.80.